The van der Waals surface area contributed by atoms with Crippen molar-refractivity contribution in [2.24, 2.45) is 0 Å². The summed E-state index contributed by atoms with van der Waals surface area (Å²) in [5.41, 5.74) is 3.76. The summed E-state index contributed by atoms with van der Waals surface area (Å²) in [7, 11) is 0. The van der Waals surface area contributed by atoms with Crippen LogP contribution in [0.25, 0.3) is 10.2 Å². The first-order valence-corrected chi connectivity index (χ1v) is 11.2. The Morgan fingerprint density at radius 2 is 2.04 bits per heavy atom. The SMILES string of the molecule is C[C@@H](Sc1ncnc2sc3c(c12)CCCC3)C(=O)N1CCc2ccccc21. The number of hydrogen-bond acceptors (Lipinski definition) is 5. The first kappa shape index (κ1) is 17.2. The molecule has 2 aromatic heterocycles. The third kappa shape index (κ3) is 2.95. The molecule has 138 valence electrons. The number of hydrogen-bond donors (Lipinski definition) is 0. The summed E-state index contributed by atoms with van der Waals surface area (Å²) in [5.74, 6) is 0.167. The van der Waals surface area contributed by atoms with E-state index in [1.807, 2.05) is 24.0 Å². The van der Waals surface area contributed by atoms with Gasteiger partial charge in [-0.3, -0.25) is 4.79 Å². The van der Waals surface area contributed by atoms with Crippen molar-refractivity contribution in [1.82, 2.24) is 9.97 Å². The van der Waals surface area contributed by atoms with Gasteiger partial charge < -0.3 is 4.90 Å². The summed E-state index contributed by atoms with van der Waals surface area (Å²) in [4.78, 5) is 26.7. The summed E-state index contributed by atoms with van der Waals surface area (Å²) in [5, 5.41) is 1.99. The minimum Gasteiger partial charge on any atom is -0.311 e. The average Bonchev–Trinajstić information content (AvgIpc) is 3.29. The zero-order chi connectivity index (χ0) is 18.4. The molecule has 3 aromatic rings. The van der Waals surface area contributed by atoms with E-state index in [0.29, 0.717) is 0 Å². The first-order valence-electron chi connectivity index (χ1n) is 9.53. The zero-order valence-electron chi connectivity index (χ0n) is 15.3. The molecule has 4 nitrogen and oxygen atoms in total. The van der Waals surface area contributed by atoms with Crippen molar-refractivity contribution in [3.63, 3.8) is 0 Å². The van der Waals surface area contributed by atoms with Crippen LogP contribution in [0.5, 0.6) is 0 Å². The van der Waals surface area contributed by atoms with Gasteiger partial charge in [0.2, 0.25) is 5.91 Å². The minimum atomic E-state index is -0.173. The van der Waals surface area contributed by atoms with Crippen LogP contribution in [0.4, 0.5) is 5.69 Å². The Labute approximate surface area is 167 Å². The van der Waals surface area contributed by atoms with Crippen molar-refractivity contribution in [3.05, 3.63) is 46.6 Å². The molecule has 0 radical (unpaired) electrons. The van der Waals surface area contributed by atoms with E-state index in [2.05, 4.69) is 22.1 Å². The van der Waals surface area contributed by atoms with Crippen LogP contribution in [0.2, 0.25) is 0 Å². The fraction of sp³-hybridized carbons (Fsp3) is 0.381. The van der Waals surface area contributed by atoms with Gasteiger partial charge in [0, 0.05) is 22.5 Å². The highest BCUT2D eigenvalue weighted by atomic mass is 32.2. The molecule has 27 heavy (non-hydrogen) atoms. The number of thioether (sulfide) groups is 1. The van der Waals surface area contributed by atoms with Gasteiger partial charge in [-0.15, -0.1) is 11.3 Å². The molecule has 0 bridgehead atoms. The predicted molar refractivity (Wildman–Crippen MR) is 112 cm³/mol. The van der Waals surface area contributed by atoms with Gasteiger partial charge in [0.1, 0.15) is 16.2 Å². The molecule has 0 spiro atoms. The van der Waals surface area contributed by atoms with E-state index in [-0.39, 0.29) is 11.2 Å². The Morgan fingerprint density at radius 3 is 2.96 bits per heavy atom. The molecular formula is C21H21N3OS2. The topological polar surface area (TPSA) is 46.1 Å². The smallest absolute Gasteiger partial charge is 0.240 e. The number of carbonyl (C=O) groups excluding carboxylic acids is 1. The van der Waals surface area contributed by atoms with Crippen LogP contribution in [0.15, 0.2) is 35.6 Å². The van der Waals surface area contributed by atoms with E-state index in [9.17, 15) is 4.79 Å². The van der Waals surface area contributed by atoms with E-state index in [0.717, 1.165) is 41.4 Å². The van der Waals surface area contributed by atoms with Gasteiger partial charge in [-0.05, 0) is 56.2 Å². The van der Waals surface area contributed by atoms with Crippen LogP contribution in [0.3, 0.4) is 0 Å². The van der Waals surface area contributed by atoms with E-state index in [4.69, 9.17) is 0 Å². The molecule has 1 amide bonds. The maximum atomic E-state index is 13.1. The predicted octanol–water partition coefficient (Wildman–Crippen LogP) is 4.64. The van der Waals surface area contributed by atoms with Gasteiger partial charge in [0.15, 0.2) is 0 Å². The largest absolute Gasteiger partial charge is 0.311 e. The standard InChI is InChI=1S/C21H21N3OS2/c1-13(21(25)24-11-10-14-6-2-4-8-16(14)24)26-19-18-15-7-3-5-9-17(15)27-20(18)23-12-22-19/h2,4,6,8,12-13H,3,5,7,9-11H2,1H3/t13-/m1/s1. The first-order chi connectivity index (χ1) is 13.2. The Hall–Kier alpha value is -1.92. The van der Waals surface area contributed by atoms with Gasteiger partial charge in [0.05, 0.1) is 5.25 Å². The molecule has 3 heterocycles. The second-order valence-electron chi connectivity index (χ2n) is 7.20. The Bertz CT molecular complexity index is 1030. The fourth-order valence-corrected chi connectivity index (χ4v) is 6.46. The van der Waals surface area contributed by atoms with Crippen LogP contribution in [0.1, 0.15) is 35.8 Å². The van der Waals surface area contributed by atoms with E-state index >= 15 is 0 Å². The van der Waals surface area contributed by atoms with Crippen LogP contribution in [-0.4, -0.2) is 27.7 Å². The highest BCUT2D eigenvalue weighted by molar-refractivity contribution is 8.00. The second-order valence-corrected chi connectivity index (χ2v) is 9.61. The van der Waals surface area contributed by atoms with Crippen molar-refractivity contribution in [3.8, 4) is 0 Å². The molecule has 1 aliphatic heterocycles. The Balaban J connectivity index is 1.44. The number of thiophene rings is 1. The maximum Gasteiger partial charge on any atom is 0.240 e. The van der Waals surface area contributed by atoms with Gasteiger partial charge in [-0.25, -0.2) is 9.97 Å². The molecule has 1 atom stereocenters. The number of amides is 1. The van der Waals surface area contributed by atoms with Crippen molar-refractivity contribution in [2.75, 3.05) is 11.4 Å². The lowest BCUT2D eigenvalue weighted by Gasteiger charge is -2.21. The number of fused-ring (bicyclic) bond motifs is 4. The number of para-hydroxylation sites is 1. The summed E-state index contributed by atoms with van der Waals surface area (Å²) >= 11 is 3.39. The normalized spacial score (nSPS) is 17.0. The molecular weight excluding hydrogens is 374 g/mol. The number of aromatic nitrogens is 2. The molecule has 5 rings (SSSR count). The molecule has 1 aliphatic carbocycles. The number of anilines is 1. The van der Waals surface area contributed by atoms with Gasteiger partial charge in [-0.1, -0.05) is 30.0 Å². The molecule has 1 aromatic carbocycles. The third-order valence-electron chi connectivity index (χ3n) is 5.51. The Morgan fingerprint density at radius 1 is 1.19 bits per heavy atom. The third-order valence-corrected chi connectivity index (χ3v) is 7.79. The van der Waals surface area contributed by atoms with Gasteiger partial charge in [-0.2, -0.15) is 0 Å². The molecule has 2 aliphatic rings. The van der Waals surface area contributed by atoms with Crippen molar-refractivity contribution >= 4 is 44.9 Å². The second kappa shape index (κ2) is 6.91. The van der Waals surface area contributed by atoms with E-state index in [1.54, 1.807) is 29.4 Å². The van der Waals surface area contributed by atoms with E-state index < -0.39 is 0 Å². The lowest BCUT2D eigenvalue weighted by molar-refractivity contribution is -0.117. The van der Waals surface area contributed by atoms with Gasteiger partial charge in [0.25, 0.3) is 0 Å². The van der Waals surface area contributed by atoms with Gasteiger partial charge >= 0.3 is 0 Å². The average molecular weight is 396 g/mol. The molecule has 0 fully saturated rings. The van der Waals surface area contributed by atoms with E-state index in [1.165, 1.54) is 34.2 Å². The van der Waals surface area contributed by atoms with Crippen molar-refractivity contribution in [1.29, 1.82) is 0 Å². The lowest BCUT2D eigenvalue weighted by Crippen LogP contribution is -2.35. The molecule has 0 N–H and O–H groups in total. The minimum absolute atomic E-state index is 0.167. The molecule has 0 unspecified atom stereocenters. The molecule has 0 saturated heterocycles. The monoisotopic (exact) mass is 395 g/mol. The summed E-state index contributed by atoms with van der Waals surface area (Å²) in [6.45, 7) is 2.77. The van der Waals surface area contributed by atoms with Crippen LogP contribution < -0.4 is 4.90 Å². The maximum absolute atomic E-state index is 13.1. The highest BCUT2D eigenvalue weighted by Gasteiger charge is 2.29. The lowest BCUT2D eigenvalue weighted by atomic mass is 9.97. The quantitative estimate of drug-likeness (QED) is 0.479. The van der Waals surface area contributed by atoms with Crippen LogP contribution >= 0.6 is 23.1 Å². The summed E-state index contributed by atoms with van der Waals surface area (Å²) in [6.07, 6.45) is 7.34. The fourth-order valence-electron chi connectivity index (χ4n) is 4.16. The van der Waals surface area contributed by atoms with Crippen LogP contribution in [0, 0.1) is 0 Å². The molecule has 6 heteroatoms. The molecule has 0 saturated carbocycles. The number of carbonyl (C=O) groups is 1. The number of rotatable bonds is 3. The Kier molecular flexibility index (Phi) is 4.40. The highest BCUT2D eigenvalue weighted by Crippen LogP contribution is 2.40. The van der Waals surface area contributed by atoms with Crippen LogP contribution in [-0.2, 0) is 24.1 Å². The number of benzene rings is 1. The summed E-state index contributed by atoms with van der Waals surface area (Å²) in [6, 6.07) is 8.22. The number of nitrogens with zero attached hydrogens (tertiary/aromatic N) is 3. The van der Waals surface area contributed by atoms with Crippen molar-refractivity contribution < 1.29 is 4.79 Å². The van der Waals surface area contributed by atoms with Crippen molar-refractivity contribution in [2.45, 2.75) is 49.3 Å². The summed E-state index contributed by atoms with van der Waals surface area (Å²) < 4.78 is 0. The zero-order valence-corrected chi connectivity index (χ0v) is 16.9. The number of aryl methyl sites for hydroxylation is 2.